The molecule has 0 aromatic carbocycles. The third-order valence-electron chi connectivity index (χ3n) is 7.02. The molecular formula is C23H24N4O4. The topological polar surface area (TPSA) is 116 Å². The van der Waals surface area contributed by atoms with E-state index in [4.69, 9.17) is 10.00 Å². The number of pyridine rings is 1. The minimum absolute atomic E-state index is 0.0508. The number of β-amino-alcohol motifs (C(OH)–C–C–N with tert-alkyl or cyclic N) is 1. The van der Waals surface area contributed by atoms with Gasteiger partial charge in [-0.1, -0.05) is 5.57 Å². The van der Waals surface area contributed by atoms with Gasteiger partial charge in [0.15, 0.2) is 0 Å². The molecule has 31 heavy (non-hydrogen) atoms. The van der Waals surface area contributed by atoms with Gasteiger partial charge in [0.1, 0.15) is 24.2 Å². The molecule has 1 aromatic heterocycles. The van der Waals surface area contributed by atoms with Crippen LogP contribution in [0.4, 0.5) is 0 Å². The van der Waals surface area contributed by atoms with Gasteiger partial charge in [-0.25, -0.2) is 4.98 Å². The summed E-state index contributed by atoms with van der Waals surface area (Å²) in [6, 6.07) is 5.24. The van der Waals surface area contributed by atoms with Crippen molar-refractivity contribution >= 4 is 11.7 Å². The second kappa shape index (κ2) is 7.59. The maximum atomic E-state index is 12.6. The summed E-state index contributed by atoms with van der Waals surface area (Å²) in [5.41, 5.74) is 3.66. The van der Waals surface area contributed by atoms with E-state index in [0.717, 1.165) is 29.8 Å². The van der Waals surface area contributed by atoms with Crippen LogP contribution >= 0.6 is 0 Å². The maximum Gasteiger partial charge on any atom is 0.270 e. The summed E-state index contributed by atoms with van der Waals surface area (Å²) in [7, 11) is 0. The van der Waals surface area contributed by atoms with E-state index in [9.17, 15) is 14.7 Å². The van der Waals surface area contributed by atoms with Crippen molar-refractivity contribution in [3.63, 3.8) is 0 Å². The summed E-state index contributed by atoms with van der Waals surface area (Å²) in [6.07, 6.45) is 2.65. The molecule has 3 heterocycles. The molecule has 4 atom stereocenters. The Morgan fingerprint density at radius 3 is 2.87 bits per heavy atom. The van der Waals surface area contributed by atoms with Crippen LogP contribution in [0.15, 0.2) is 41.3 Å². The number of nitrogens with zero attached hydrogens (tertiary/aromatic N) is 3. The number of rotatable bonds is 5. The Morgan fingerprint density at radius 2 is 2.19 bits per heavy atom. The third kappa shape index (κ3) is 3.54. The number of nitrogens with one attached hydrogen (secondary N) is 1. The molecule has 2 fully saturated rings. The monoisotopic (exact) mass is 420 g/mol. The molecule has 1 saturated heterocycles. The first-order valence-electron chi connectivity index (χ1n) is 10.6. The molecule has 1 aromatic rings. The highest BCUT2D eigenvalue weighted by Gasteiger charge is 2.56. The molecule has 4 aliphatic rings. The summed E-state index contributed by atoms with van der Waals surface area (Å²) in [4.78, 5) is 31.2. The fourth-order valence-corrected chi connectivity index (χ4v) is 5.30. The number of likely N-dealkylation sites (tertiary alicyclic amines) is 1. The molecule has 8 heteroatoms. The number of hydrogen-bond donors (Lipinski definition) is 2. The van der Waals surface area contributed by atoms with E-state index in [1.54, 1.807) is 18.4 Å². The smallest absolute Gasteiger partial charge is 0.270 e. The molecule has 2 aliphatic heterocycles. The van der Waals surface area contributed by atoms with Gasteiger partial charge in [0, 0.05) is 43.9 Å². The predicted octanol–water partition coefficient (Wildman–Crippen LogP) is 0.794. The summed E-state index contributed by atoms with van der Waals surface area (Å²) < 4.78 is 5.36. The van der Waals surface area contributed by atoms with E-state index >= 15 is 0 Å². The van der Waals surface area contributed by atoms with Crippen molar-refractivity contribution in [2.45, 2.75) is 25.5 Å². The van der Waals surface area contributed by atoms with Gasteiger partial charge in [0.25, 0.3) is 5.91 Å². The largest absolute Gasteiger partial charge is 0.496 e. The highest BCUT2D eigenvalue weighted by atomic mass is 16.5. The van der Waals surface area contributed by atoms with Gasteiger partial charge in [-0.15, -0.1) is 0 Å². The molecule has 0 bridgehead atoms. The highest BCUT2D eigenvalue weighted by molar-refractivity contribution is 5.92. The number of Topliss-reactive ketones (excluding diaryl/α,β-unsaturated/α-hetero) is 1. The molecule has 1 saturated carbocycles. The van der Waals surface area contributed by atoms with Crippen molar-refractivity contribution in [3.8, 4) is 6.07 Å². The molecule has 2 N–H and O–H groups in total. The van der Waals surface area contributed by atoms with Crippen molar-refractivity contribution in [2.75, 3.05) is 26.2 Å². The van der Waals surface area contributed by atoms with Crippen LogP contribution in [0, 0.1) is 29.1 Å². The van der Waals surface area contributed by atoms with Gasteiger partial charge in [-0.2, -0.15) is 5.26 Å². The number of ketones is 1. The number of piperidine rings is 1. The Hall–Kier alpha value is -3.02. The molecule has 0 radical (unpaired) electrons. The Bertz CT molecular complexity index is 1030. The number of hydrogen-bond acceptors (Lipinski definition) is 7. The van der Waals surface area contributed by atoms with Crippen molar-refractivity contribution in [3.05, 3.63) is 52.6 Å². The maximum absolute atomic E-state index is 12.6. The van der Waals surface area contributed by atoms with E-state index in [0.29, 0.717) is 42.7 Å². The second-order valence-electron chi connectivity index (χ2n) is 8.89. The molecule has 8 nitrogen and oxygen atoms in total. The Labute approximate surface area is 180 Å². The van der Waals surface area contributed by atoms with Crippen LogP contribution in [0.1, 0.15) is 29.4 Å². The van der Waals surface area contributed by atoms with Crippen LogP contribution in [0.5, 0.6) is 0 Å². The van der Waals surface area contributed by atoms with Crippen LogP contribution < -0.4 is 5.32 Å². The van der Waals surface area contributed by atoms with Crippen LogP contribution in [0.2, 0.25) is 0 Å². The summed E-state index contributed by atoms with van der Waals surface area (Å²) in [5.74, 6) is 0.0643. The number of nitriles is 1. The lowest BCUT2D eigenvalue weighted by atomic mass is 9.77. The first-order valence-corrected chi connectivity index (χ1v) is 10.6. The van der Waals surface area contributed by atoms with Crippen LogP contribution in [-0.4, -0.2) is 65.1 Å². The zero-order valence-electron chi connectivity index (χ0n) is 17.2. The molecule has 5 rings (SSSR count). The van der Waals surface area contributed by atoms with E-state index in [-0.39, 0.29) is 17.7 Å². The minimum atomic E-state index is -0.740. The van der Waals surface area contributed by atoms with Gasteiger partial charge in [0.2, 0.25) is 0 Å². The molecular weight excluding hydrogens is 396 g/mol. The first-order chi connectivity index (χ1) is 15.0. The molecule has 1 amide bonds. The highest BCUT2D eigenvalue weighted by Crippen LogP contribution is 2.46. The van der Waals surface area contributed by atoms with Crippen molar-refractivity contribution < 1.29 is 19.4 Å². The lowest BCUT2D eigenvalue weighted by molar-refractivity contribution is -0.124. The third-order valence-corrected chi connectivity index (χ3v) is 7.02. The second-order valence-corrected chi connectivity index (χ2v) is 8.89. The van der Waals surface area contributed by atoms with Crippen molar-refractivity contribution in [2.24, 2.45) is 17.8 Å². The minimum Gasteiger partial charge on any atom is -0.496 e. The number of fused-ring (bicyclic) bond motifs is 2. The predicted molar refractivity (Wildman–Crippen MR) is 109 cm³/mol. The van der Waals surface area contributed by atoms with Gasteiger partial charge in [-0.05, 0) is 36.5 Å². The zero-order valence-corrected chi connectivity index (χ0v) is 17.2. The molecule has 3 unspecified atom stereocenters. The Kier molecular flexibility index (Phi) is 4.88. The number of aliphatic hydroxyl groups excluding tert-OH is 1. The lowest BCUT2D eigenvalue weighted by Crippen LogP contribution is -2.43. The van der Waals surface area contributed by atoms with Crippen molar-refractivity contribution in [1.29, 1.82) is 5.26 Å². The molecule has 160 valence electrons. The number of amides is 1. The molecule has 0 spiro atoms. The van der Waals surface area contributed by atoms with E-state index < -0.39 is 12.0 Å². The van der Waals surface area contributed by atoms with Gasteiger partial charge < -0.3 is 15.2 Å². The standard InChI is InChI=1S/C23H24N4O4/c1-12-17-11-31-10-14(17)4-19(28)21(12)20(29)9-27-7-15-16(8-27)22(15)26-23(30)18-3-2-13(5-24)6-25-18/h2-3,6,10,15-16,20-22,29H,4,7-9,11H2,1H3,(H,26,30)/t15?,16?,20-,21?,22?/m0/s1. The van der Waals surface area contributed by atoms with E-state index in [1.165, 1.54) is 6.20 Å². The lowest BCUT2D eigenvalue weighted by Gasteiger charge is -2.31. The van der Waals surface area contributed by atoms with E-state index in [1.807, 2.05) is 13.0 Å². The number of ether oxygens (including phenoxy) is 1. The number of aromatic nitrogens is 1. The fourth-order valence-electron chi connectivity index (χ4n) is 5.30. The zero-order chi connectivity index (χ0) is 21.7. The summed E-state index contributed by atoms with van der Waals surface area (Å²) >= 11 is 0. The van der Waals surface area contributed by atoms with Crippen LogP contribution in [-0.2, 0) is 9.53 Å². The number of carbonyl (C=O) groups is 2. The summed E-state index contributed by atoms with van der Waals surface area (Å²) in [6.45, 7) is 4.44. The van der Waals surface area contributed by atoms with Crippen LogP contribution in [0.3, 0.4) is 0 Å². The first kappa shape index (κ1) is 19.9. The Morgan fingerprint density at radius 1 is 1.42 bits per heavy atom. The number of aliphatic hydroxyl groups is 1. The van der Waals surface area contributed by atoms with Gasteiger partial charge in [-0.3, -0.25) is 14.5 Å². The van der Waals surface area contributed by atoms with Crippen LogP contribution in [0.25, 0.3) is 0 Å². The van der Waals surface area contributed by atoms with Gasteiger partial charge >= 0.3 is 0 Å². The quantitative estimate of drug-likeness (QED) is 0.724. The SMILES string of the molecule is CC1=C2COC=C2CC(=O)C1[C@@H](O)CN1CC2C(C1)C2NC(=O)c1ccc(C#N)cn1. The average Bonchev–Trinajstić information content (AvgIpc) is 3.12. The van der Waals surface area contributed by atoms with Crippen molar-refractivity contribution in [1.82, 2.24) is 15.2 Å². The molecule has 2 aliphatic carbocycles. The number of carbonyl (C=O) groups excluding carboxylic acids is 2. The van der Waals surface area contributed by atoms with Gasteiger partial charge in [0.05, 0.1) is 23.8 Å². The normalized spacial score (nSPS) is 30.1. The van der Waals surface area contributed by atoms with E-state index in [2.05, 4.69) is 15.2 Å². The Balaban J connectivity index is 1.14. The summed E-state index contributed by atoms with van der Waals surface area (Å²) in [5, 5.41) is 22.7. The average molecular weight is 420 g/mol. The fraction of sp³-hybridized carbons (Fsp3) is 0.478.